The zero-order valence-electron chi connectivity index (χ0n) is 5.67. The summed E-state index contributed by atoms with van der Waals surface area (Å²) in [7, 11) is 0. The van der Waals surface area contributed by atoms with Crippen LogP contribution in [0.3, 0.4) is 0 Å². The summed E-state index contributed by atoms with van der Waals surface area (Å²) in [6, 6.07) is 4.28. The maximum atomic E-state index is 8.48. The fourth-order valence-corrected chi connectivity index (χ4v) is 1.08. The van der Waals surface area contributed by atoms with Gasteiger partial charge in [0.05, 0.1) is 24.1 Å². The molecule has 2 atom stereocenters. The van der Waals surface area contributed by atoms with Crippen molar-refractivity contribution in [3.63, 3.8) is 0 Å². The molecule has 0 unspecified atom stereocenters. The van der Waals surface area contributed by atoms with Crippen LogP contribution in [0.4, 0.5) is 0 Å². The molecule has 0 aliphatic carbocycles. The van der Waals surface area contributed by atoms with E-state index in [1.807, 2.05) is 0 Å². The van der Waals surface area contributed by atoms with Gasteiger partial charge in [-0.2, -0.15) is 10.5 Å². The van der Waals surface area contributed by atoms with Crippen LogP contribution in [0.15, 0.2) is 0 Å². The molecular formula is C7H9N3. The van der Waals surface area contributed by atoms with Gasteiger partial charge in [-0.05, 0) is 12.8 Å². The minimum atomic E-state index is -0.0235. The molecule has 0 radical (unpaired) electrons. The van der Waals surface area contributed by atoms with Gasteiger partial charge in [0.15, 0.2) is 0 Å². The summed E-state index contributed by atoms with van der Waals surface area (Å²) in [5, 5.41) is 19.9. The van der Waals surface area contributed by atoms with Crippen molar-refractivity contribution in [1.29, 1.82) is 10.5 Å². The van der Waals surface area contributed by atoms with Gasteiger partial charge < -0.3 is 5.32 Å². The molecule has 3 heteroatoms. The smallest absolute Gasteiger partial charge is 0.0953 e. The summed E-state index contributed by atoms with van der Waals surface area (Å²) in [4.78, 5) is 0. The topological polar surface area (TPSA) is 59.6 Å². The molecule has 0 spiro atoms. The molecular weight excluding hydrogens is 126 g/mol. The van der Waals surface area contributed by atoms with Crippen molar-refractivity contribution in [2.24, 2.45) is 5.92 Å². The van der Waals surface area contributed by atoms with E-state index in [2.05, 4.69) is 17.5 Å². The summed E-state index contributed by atoms with van der Waals surface area (Å²) in [5.74, 6) is 0.115. The minimum Gasteiger partial charge on any atom is -0.301 e. The summed E-state index contributed by atoms with van der Waals surface area (Å²) in [5.41, 5.74) is 0. The molecule has 1 saturated heterocycles. The molecule has 0 amide bonds. The second kappa shape index (κ2) is 3.20. The summed E-state index contributed by atoms with van der Waals surface area (Å²) in [6.07, 6.45) is 1.68. The highest BCUT2D eigenvalue weighted by Crippen LogP contribution is 2.12. The number of nitriles is 2. The summed E-state index contributed by atoms with van der Waals surface area (Å²) in [6.45, 7) is 0.675. The Balaban J connectivity index is 2.34. The van der Waals surface area contributed by atoms with Crippen LogP contribution < -0.4 is 5.32 Å². The van der Waals surface area contributed by atoms with Crippen LogP contribution in [0.1, 0.15) is 12.8 Å². The van der Waals surface area contributed by atoms with Gasteiger partial charge in [-0.1, -0.05) is 0 Å². The molecule has 1 heterocycles. The van der Waals surface area contributed by atoms with Gasteiger partial charge in [0, 0.05) is 6.54 Å². The van der Waals surface area contributed by atoms with Crippen molar-refractivity contribution in [2.75, 3.05) is 6.54 Å². The molecule has 10 heavy (non-hydrogen) atoms. The number of hydrogen-bond acceptors (Lipinski definition) is 3. The highest BCUT2D eigenvalue weighted by atomic mass is 14.9. The first-order valence-corrected chi connectivity index (χ1v) is 3.39. The third kappa shape index (κ3) is 1.46. The zero-order valence-corrected chi connectivity index (χ0v) is 5.67. The van der Waals surface area contributed by atoms with E-state index >= 15 is 0 Å². The van der Waals surface area contributed by atoms with Crippen LogP contribution in [0, 0.1) is 28.6 Å². The molecule has 1 fully saturated rings. The second-order valence-electron chi connectivity index (χ2n) is 2.49. The van der Waals surface area contributed by atoms with E-state index in [4.69, 9.17) is 10.5 Å². The van der Waals surface area contributed by atoms with E-state index in [1.165, 1.54) is 0 Å². The maximum Gasteiger partial charge on any atom is 0.0953 e. The molecule has 1 rings (SSSR count). The molecule has 0 saturated carbocycles. The Bertz CT molecular complexity index is 156. The summed E-state index contributed by atoms with van der Waals surface area (Å²) < 4.78 is 0. The number of nitrogens with zero attached hydrogens (tertiary/aromatic N) is 2. The SMILES string of the molecule is N#C[C@H]1CC[C@H](C#N)NC1. The van der Waals surface area contributed by atoms with Gasteiger partial charge in [0.2, 0.25) is 0 Å². The standard InChI is InChI=1S/C7H9N3/c8-3-6-1-2-7(4-9)10-5-6/h6-7,10H,1-2,5H2/t6-,7-/m1/s1. The lowest BCUT2D eigenvalue weighted by Gasteiger charge is -2.20. The number of rotatable bonds is 0. The average molecular weight is 135 g/mol. The first-order valence-electron chi connectivity index (χ1n) is 3.39. The van der Waals surface area contributed by atoms with Crippen LogP contribution in [0.2, 0.25) is 0 Å². The number of nitrogens with one attached hydrogen (secondary N) is 1. The molecule has 0 aromatic heterocycles. The van der Waals surface area contributed by atoms with Crippen LogP contribution in [0.25, 0.3) is 0 Å². The van der Waals surface area contributed by atoms with Crippen LogP contribution in [-0.2, 0) is 0 Å². The zero-order chi connectivity index (χ0) is 7.40. The summed E-state index contributed by atoms with van der Waals surface area (Å²) >= 11 is 0. The predicted molar refractivity (Wildman–Crippen MR) is 35.7 cm³/mol. The molecule has 1 aliphatic heterocycles. The van der Waals surface area contributed by atoms with E-state index in [0.717, 1.165) is 12.8 Å². The van der Waals surface area contributed by atoms with Gasteiger partial charge in [-0.15, -0.1) is 0 Å². The average Bonchev–Trinajstić information content (AvgIpc) is 2.05. The van der Waals surface area contributed by atoms with Crippen LogP contribution >= 0.6 is 0 Å². The van der Waals surface area contributed by atoms with E-state index in [-0.39, 0.29) is 12.0 Å². The normalized spacial score (nSPS) is 32.2. The molecule has 0 aromatic rings. The highest BCUT2D eigenvalue weighted by Gasteiger charge is 2.18. The van der Waals surface area contributed by atoms with Crippen molar-refractivity contribution < 1.29 is 0 Å². The second-order valence-corrected chi connectivity index (χ2v) is 2.49. The fourth-order valence-electron chi connectivity index (χ4n) is 1.08. The molecule has 0 aromatic carbocycles. The molecule has 0 bridgehead atoms. The lowest BCUT2D eigenvalue weighted by atomic mass is 9.97. The number of piperidine rings is 1. The Morgan fingerprint density at radius 1 is 1.20 bits per heavy atom. The van der Waals surface area contributed by atoms with Crippen LogP contribution in [-0.4, -0.2) is 12.6 Å². The van der Waals surface area contributed by atoms with E-state index in [9.17, 15) is 0 Å². The van der Waals surface area contributed by atoms with Crippen molar-refractivity contribution in [3.05, 3.63) is 0 Å². The third-order valence-electron chi connectivity index (χ3n) is 1.75. The first kappa shape index (κ1) is 7.05. The fraction of sp³-hybridized carbons (Fsp3) is 0.714. The van der Waals surface area contributed by atoms with E-state index in [1.54, 1.807) is 0 Å². The Morgan fingerprint density at radius 3 is 2.40 bits per heavy atom. The Kier molecular flexibility index (Phi) is 2.25. The van der Waals surface area contributed by atoms with Crippen molar-refractivity contribution in [2.45, 2.75) is 18.9 Å². The van der Waals surface area contributed by atoms with Gasteiger partial charge in [0.25, 0.3) is 0 Å². The van der Waals surface area contributed by atoms with Crippen molar-refractivity contribution >= 4 is 0 Å². The lowest BCUT2D eigenvalue weighted by molar-refractivity contribution is 0.400. The minimum absolute atomic E-state index is 0.0235. The maximum absolute atomic E-state index is 8.48. The van der Waals surface area contributed by atoms with E-state index < -0.39 is 0 Å². The van der Waals surface area contributed by atoms with E-state index in [0.29, 0.717) is 6.54 Å². The quantitative estimate of drug-likeness (QED) is 0.523. The van der Waals surface area contributed by atoms with Gasteiger partial charge >= 0.3 is 0 Å². The lowest BCUT2D eigenvalue weighted by Crippen LogP contribution is -2.37. The largest absolute Gasteiger partial charge is 0.301 e. The Labute approximate surface area is 60.3 Å². The Hall–Kier alpha value is -1.06. The molecule has 1 N–H and O–H groups in total. The highest BCUT2D eigenvalue weighted by molar-refractivity contribution is 4.98. The molecule has 3 nitrogen and oxygen atoms in total. The Morgan fingerprint density at radius 2 is 2.00 bits per heavy atom. The van der Waals surface area contributed by atoms with Crippen LogP contribution in [0.5, 0.6) is 0 Å². The van der Waals surface area contributed by atoms with Gasteiger partial charge in [-0.25, -0.2) is 0 Å². The van der Waals surface area contributed by atoms with Gasteiger partial charge in [-0.3, -0.25) is 0 Å². The number of hydrogen-bond donors (Lipinski definition) is 1. The monoisotopic (exact) mass is 135 g/mol. The predicted octanol–water partition coefficient (Wildman–Crippen LogP) is 0.402. The first-order chi connectivity index (χ1) is 4.86. The van der Waals surface area contributed by atoms with Crippen molar-refractivity contribution in [1.82, 2.24) is 5.32 Å². The van der Waals surface area contributed by atoms with Gasteiger partial charge in [0.1, 0.15) is 0 Å². The third-order valence-corrected chi connectivity index (χ3v) is 1.75. The molecule has 1 aliphatic rings. The van der Waals surface area contributed by atoms with Crippen molar-refractivity contribution in [3.8, 4) is 12.1 Å². The molecule has 52 valence electrons.